The summed E-state index contributed by atoms with van der Waals surface area (Å²) in [5.74, 6) is -3.50. The van der Waals surface area contributed by atoms with Gasteiger partial charge < -0.3 is 19.1 Å². The maximum absolute atomic E-state index is 13.2. The predicted molar refractivity (Wildman–Crippen MR) is 145 cm³/mol. The second-order valence-corrected chi connectivity index (χ2v) is 10.9. The minimum Gasteiger partial charge on any atom is -0.459 e. The molecule has 1 aliphatic heterocycles. The van der Waals surface area contributed by atoms with Gasteiger partial charge in [0.2, 0.25) is 5.91 Å². The number of nitrogens with zero attached hydrogens (tertiary/aromatic N) is 3. The van der Waals surface area contributed by atoms with Gasteiger partial charge in [-0.2, -0.15) is 0 Å². The third-order valence-corrected chi connectivity index (χ3v) is 6.89. The largest absolute Gasteiger partial charge is 0.508 e. The lowest BCUT2D eigenvalue weighted by atomic mass is 9.82. The molecule has 15 heteroatoms. The Morgan fingerprint density at radius 3 is 1.76 bits per heavy atom. The fourth-order valence-corrected chi connectivity index (χ4v) is 4.54. The van der Waals surface area contributed by atoms with Crippen LogP contribution in [0.2, 0.25) is 0 Å². The number of halogens is 1. The van der Waals surface area contributed by atoms with Gasteiger partial charge in [-0.05, 0) is 42.3 Å². The van der Waals surface area contributed by atoms with E-state index in [1.807, 2.05) is 0 Å². The Labute approximate surface area is 244 Å². The molecule has 2 unspecified atom stereocenters. The molecule has 1 fully saturated rings. The second-order valence-electron chi connectivity index (χ2n) is 10.5. The number of hydrogen-bond donors (Lipinski definition) is 0. The fraction of sp³-hybridized carbons (Fsp3) is 0.407. The lowest BCUT2D eigenvalue weighted by molar-refractivity contribution is -0.385. The van der Waals surface area contributed by atoms with Crippen molar-refractivity contribution in [3.63, 3.8) is 0 Å². The Balaban J connectivity index is 1.63. The third kappa shape index (κ3) is 7.37. The van der Waals surface area contributed by atoms with Crippen LogP contribution in [0.15, 0.2) is 48.5 Å². The van der Waals surface area contributed by atoms with E-state index in [1.165, 1.54) is 55.5 Å². The standard InChI is InChI=1S/C27H28ClN3O11/c1-15(42-26(35)41-14-17-7-11-19(12-8-17)31(38)39)20-23(28)29(24(20)33)21(22(32)27(2,3)4)25(34)40-13-16-5-9-18(10-6-16)30(36)37/h5-12,15,20-21,23H,13-14H2,1-4H3/t15-,20+,21?,23?/m0/s1. The number of hydrogen-bond acceptors (Lipinski definition) is 11. The number of likely N-dealkylation sites (tertiary alicyclic amines) is 1. The van der Waals surface area contributed by atoms with Gasteiger partial charge in [-0.25, -0.2) is 9.59 Å². The molecule has 0 aromatic heterocycles. The van der Waals surface area contributed by atoms with Crippen molar-refractivity contribution in [2.45, 2.75) is 58.6 Å². The van der Waals surface area contributed by atoms with Gasteiger partial charge in [-0.15, -0.1) is 0 Å². The zero-order valence-corrected chi connectivity index (χ0v) is 23.8. The number of non-ortho nitro benzene ring substituents is 2. The van der Waals surface area contributed by atoms with Crippen molar-refractivity contribution < 1.29 is 43.2 Å². The summed E-state index contributed by atoms with van der Waals surface area (Å²) in [5.41, 5.74) is -1.68. The number of amides is 1. The Morgan fingerprint density at radius 1 is 0.905 bits per heavy atom. The van der Waals surface area contributed by atoms with Crippen molar-refractivity contribution in [1.29, 1.82) is 0 Å². The van der Waals surface area contributed by atoms with Crippen molar-refractivity contribution >= 4 is 46.8 Å². The molecule has 2 aromatic carbocycles. The SMILES string of the molecule is C[C@H](OC(=O)OCc1ccc([N+](=O)[O-])cc1)[C@H]1C(=O)N(C(C(=O)OCc2ccc([N+](=O)[O-])cc2)C(=O)C(C)(C)C)C1Cl. The van der Waals surface area contributed by atoms with Crippen LogP contribution in [0.3, 0.4) is 0 Å². The van der Waals surface area contributed by atoms with Gasteiger partial charge in [0.05, 0.1) is 9.85 Å². The first kappa shape index (κ1) is 31.9. The first-order chi connectivity index (χ1) is 19.6. The molecule has 0 aliphatic carbocycles. The lowest BCUT2D eigenvalue weighted by Gasteiger charge is -2.48. The van der Waals surface area contributed by atoms with Crippen molar-refractivity contribution in [2.24, 2.45) is 11.3 Å². The number of β-lactam (4-membered cyclic amide) rings is 1. The number of rotatable bonds is 11. The highest BCUT2D eigenvalue weighted by Gasteiger charge is 2.58. The third-order valence-electron chi connectivity index (χ3n) is 6.41. The summed E-state index contributed by atoms with van der Waals surface area (Å²) in [6, 6.07) is 8.87. The molecule has 42 heavy (non-hydrogen) atoms. The quantitative estimate of drug-likeness (QED) is 0.0676. The number of Topliss-reactive ketones (excluding diaryl/α,β-unsaturated/α-hetero) is 1. The van der Waals surface area contributed by atoms with E-state index in [1.54, 1.807) is 20.8 Å². The van der Waals surface area contributed by atoms with Gasteiger partial charge >= 0.3 is 12.1 Å². The highest BCUT2D eigenvalue weighted by molar-refractivity contribution is 6.26. The average molecular weight is 606 g/mol. The number of ketones is 1. The predicted octanol–water partition coefficient (Wildman–Crippen LogP) is 4.30. The number of esters is 1. The van der Waals surface area contributed by atoms with E-state index in [9.17, 15) is 39.4 Å². The van der Waals surface area contributed by atoms with E-state index in [0.717, 1.165) is 4.90 Å². The smallest absolute Gasteiger partial charge is 0.459 e. The van der Waals surface area contributed by atoms with Crippen molar-refractivity contribution in [3.05, 3.63) is 79.9 Å². The maximum atomic E-state index is 13.2. The van der Waals surface area contributed by atoms with Crippen molar-refractivity contribution in [2.75, 3.05) is 0 Å². The lowest BCUT2D eigenvalue weighted by Crippen LogP contribution is -2.69. The topological polar surface area (TPSA) is 185 Å². The Hall–Kier alpha value is -4.59. The Bertz CT molecular complexity index is 1370. The first-order valence-electron chi connectivity index (χ1n) is 12.6. The van der Waals surface area contributed by atoms with Gasteiger partial charge in [-0.3, -0.25) is 29.8 Å². The van der Waals surface area contributed by atoms with Crippen LogP contribution in [0.1, 0.15) is 38.8 Å². The highest BCUT2D eigenvalue weighted by Crippen LogP contribution is 2.38. The monoisotopic (exact) mass is 605 g/mol. The van der Waals surface area contributed by atoms with E-state index in [-0.39, 0.29) is 24.6 Å². The Kier molecular flexibility index (Phi) is 9.83. The summed E-state index contributed by atoms with van der Waals surface area (Å²) in [7, 11) is 0. The summed E-state index contributed by atoms with van der Waals surface area (Å²) in [5, 5.41) is 21.6. The van der Waals surface area contributed by atoms with Crippen LogP contribution in [-0.2, 0) is 41.8 Å². The van der Waals surface area contributed by atoms with Crippen LogP contribution >= 0.6 is 11.6 Å². The molecular weight excluding hydrogens is 578 g/mol. The number of benzene rings is 2. The van der Waals surface area contributed by atoms with Gasteiger partial charge in [0.15, 0.2) is 11.8 Å². The molecule has 3 rings (SSSR count). The second kappa shape index (κ2) is 12.9. The number of ether oxygens (including phenoxy) is 3. The number of nitro groups is 2. The van der Waals surface area contributed by atoms with E-state index in [0.29, 0.717) is 11.1 Å². The molecule has 1 aliphatic rings. The molecule has 224 valence electrons. The molecule has 0 bridgehead atoms. The molecule has 2 aromatic rings. The minimum absolute atomic E-state index is 0.130. The van der Waals surface area contributed by atoms with E-state index >= 15 is 0 Å². The summed E-state index contributed by atoms with van der Waals surface area (Å²) in [6.07, 6.45) is -2.22. The van der Waals surface area contributed by atoms with Crippen molar-refractivity contribution in [1.82, 2.24) is 4.90 Å². The van der Waals surface area contributed by atoms with Crippen molar-refractivity contribution in [3.8, 4) is 0 Å². The fourth-order valence-electron chi connectivity index (χ4n) is 4.02. The average Bonchev–Trinajstić information content (AvgIpc) is 2.93. The zero-order chi connectivity index (χ0) is 31.4. The van der Waals surface area contributed by atoms with Crippen LogP contribution in [-0.4, -0.2) is 56.2 Å². The molecule has 1 amide bonds. The van der Waals surface area contributed by atoms with Gasteiger partial charge in [-0.1, -0.05) is 32.4 Å². The first-order valence-corrected chi connectivity index (χ1v) is 13.0. The van der Waals surface area contributed by atoms with Crippen LogP contribution in [0, 0.1) is 31.6 Å². The summed E-state index contributed by atoms with van der Waals surface area (Å²) in [6.45, 7) is 5.51. The van der Waals surface area contributed by atoms with E-state index in [2.05, 4.69) is 0 Å². The molecule has 14 nitrogen and oxygen atoms in total. The van der Waals surface area contributed by atoms with Crippen LogP contribution in [0.4, 0.5) is 16.2 Å². The maximum Gasteiger partial charge on any atom is 0.508 e. The minimum atomic E-state index is -1.68. The van der Waals surface area contributed by atoms with Crippen LogP contribution < -0.4 is 0 Å². The number of nitro benzene ring substituents is 2. The molecule has 0 N–H and O–H groups in total. The Morgan fingerprint density at radius 2 is 1.36 bits per heavy atom. The van der Waals surface area contributed by atoms with Crippen LogP contribution in [0.25, 0.3) is 0 Å². The molecule has 0 saturated carbocycles. The normalized spacial score (nSPS) is 17.8. The summed E-state index contributed by atoms with van der Waals surface area (Å²) < 4.78 is 15.5. The number of alkyl halides is 1. The van der Waals surface area contributed by atoms with E-state index < -0.39 is 62.6 Å². The summed E-state index contributed by atoms with van der Waals surface area (Å²) >= 11 is 6.46. The zero-order valence-electron chi connectivity index (χ0n) is 23.1. The van der Waals surface area contributed by atoms with Crippen LogP contribution in [0.5, 0.6) is 0 Å². The van der Waals surface area contributed by atoms with Gasteiger partial charge in [0, 0.05) is 29.7 Å². The highest BCUT2D eigenvalue weighted by atomic mass is 35.5. The summed E-state index contributed by atoms with van der Waals surface area (Å²) in [4.78, 5) is 73.0. The molecule has 1 heterocycles. The molecule has 1 saturated heterocycles. The van der Waals surface area contributed by atoms with Gasteiger partial charge in [0.1, 0.15) is 30.7 Å². The number of carbonyl (C=O) groups excluding carboxylic acids is 4. The van der Waals surface area contributed by atoms with Gasteiger partial charge in [0.25, 0.3) is 11.4 Å². The molecule has 0 spiro atoms. The molecular formula is C27H28ClN3O11. The number of carbonyl (C=O) groups is 4. The van der Waals surface area contributed by atoms with E-state index in [4.69, 9.17) is 25.8 Å². The molecule has 0 radical (unpaired) electrons. The molecule has 4 atom stereocenters.